The first-order chi connectivity index (χ1) is 26.9. The van der Waals surface area contributed by atoms with Crippen LogP contribution in [0.15, 0.2) is 56.0 Å². The molecule has 1 aromatic carbocycles. The molecule has 1 saturated heterocycles. The third kappa shape index (κ3) is 14.8. The number of carbonyl (C=O) groups excluding carboxylic acids is 4. The molecule has 16 heteroatoms. The Morgan fingerprint density at radius 1 is 0.661 bits per heavy atom. The summed E-state index contributed by atoms with van der Waals surface area (Å²) < 4.78 is 34.0. The molecule has 2 unspecified atom stereocenters. The molecule has 0 saturated carbocycles. The predicted molar refractivity (Wildman–Crippen MR) is 213 cm³/mol. The Morgan fingerprint density at radius 3 is 1.43 bits per heavy atom. The van der Waals surface area contributed by atoms with E-state index in [4.69, 9.17) is 28.4 Å². The van der Waals surface area contributed by atoms with Gasteiger partial charge < -0.3 is 38.6 Å². The van der Waals surface area contributed by atoms with Crippen LogP contribution in [0.5, 0.6) is 11.5 Å². The second-order valence-electron chi connectivity index (χ2n) is 13.5. The average Bonchev–Trinajstić information content (AvgIpc) is 3.71. The summed E-state index contributed by atoms with van der Waals surface area (Å²) in [6, 6.07) is 3.39. The number of hydrazine groups is 1. The van der Waals surface area contributed by atoms with Crippen molar-refractivity contribution < 1.29 is 57.8 Å². The average molecular weight is 823 g/mol. The molecule has 14 nitrogen and oxygen atoms in total. The van der Waals surface area contributed by atoms with Gasteiger partial charge in [-0.25, -0.2) is 19.6 Å². The van der Waals surface area contributed by atoms with Gasteiger partial charge in [0.15, 0.2) is 0 Å². The molecule has 2 N–H and O–H groups in total. The third-order valence-electron chi connectivity index (χ3n) is 8.28. The predicted octanol–water partition coefficient (Wildman–Crippen LogP) is 5.59. The largest absolute Gasteiger partial charge is 0.490 e. The molecular formula is C40H58N2O12S2. The molecule has 0 bridgehead atoms. The van der Waals surface area contributed by atoms with Crippen LogP contribution in [-0.2, 0) is 38.1 Å². The fourth-order valence-corrected chi connectivity index (χ4v) is 7.84. The molecule has 2 amide bonds. The number of hydrogen-bond acceptors (Lipinski definition) is 14. The van der Waals surface area contributed by atoms with Gasteiger partial charge in [-0.3, -0.25) is 9.59 Å². The van der Waals surface area contributed by atoms with Gasteiger partial charge in [0.2, 0.25) is 0 Å². The van der Waals surface area contributed by atoms with E-state index in [0.717, 1.165) is 25.7 Å². The van der Waals surface area contributed by atoms with E-state index in [0.29, 0.717) is 88.7 Å². The van der Waals surface area contributed by atoms with Crippen LogP contribution >= 0.6 is 23.5 Å². The molecule has 0 radical (unpaired) electrons. The van der Waals surface area contributed by atoms with E-state index < -0.39 is 24.1 Å². The number of unbranched alkanes of at least 4 members (excludes halogenated alkanes) is 4. The molecular weight excluding hydrogens is 765 g/mol. The Bertz CT molecular complexity index is 1440. The molecule has 1 fully saturated rings. The van der Waals surface area contributed by atoms with E-state index in [1.54, 1.807) is 36.0 Å². The number of aliphatic hydroxyl groups excluding tert-OH is 2. The number of esters is 2. The van der Waals surface area contributed by atoms with E-state index in [1.165, 1.54) is 23.5 Å². The van der Waals surface area contributed by atoms with Crippen LogP contribution in [0.25, 0.3) is 0 Å². The van der Waals surface area contributed by atoms with Gasteiger partial charge in [0.1, 0.15) is 42.5 Å². The van der Waals surface area contributed by atoms with Crippen molar-refractivity contribution in [2.45, 2.75) is 101 Å². The topological polar surface area (TPSA) is 171 Å². The fraction of sp³-hybridized carbons (Fsp3) is 0.600. The Hall–Kier alpha value is -3.54. The van der Waals surface area contributed by atoms with Crippen LogP contribution < -0.4 is 9.47 Å². The highest BCUT2D eigenvalue weighted by Gasteiger charge is 2.44. The summed E-state index contributed by atoms with van der Waals surface area (Å²) in [7, 11) is 0. The highest BCUT2D eigenvalue weighted by atomic mass is 32.2. The van der Waals surface area contributed by atoms with Gasteiger partial charge in [0, 0.05) is 37.4 Å². The number of thioether (sulfide) groups is 2. The summed E-state index contributed by atoms with van der Waals surface area (Å²) in [5, 5.41) is 24.4. The smallest absolute Gasteiger partial charge is 0.333 e. The molecule has 3 rings (SSSR count). The van der Waals surface area contributed by atoms with Crippen molar-refractivity contribution in [1.29, 1.82) is 0 Å². The second-order valence-corrected chi connectivity index (χ2v) is 15.8. The van der Waals surface area contributed by atoms with E-state index >= 15 is 0 Å². The fourth-order valence-electron chi connectivity index (χ4n) is 5.15. The Morgan fingerprint density at radius 2 is 1.05 bits per heavy atom. The number of ether oxygens (including phenoxy) is 6. The summed E-state index contributed by atoms with van der Waals surface area (Å²) in [6.07, 6.45) is 3.85. The lowest BCUT2D eigenvalue weighted by Crippen LogP contribution is -2.42. The quantitative estimate of drug-likeness (QED) is 0.0464. The number of carbonyl (C=O) groups is 4. The van der Waals surface area contributed by atoms with Crippen LogP contribution in [-0.4, -0.2) is 122 Å². The summed E-state index contributed by atoms with van der Waals surface area (Å²) in [6.45, 7) is 16.4. The molecule has 2 aliphatic heterocycles. The molecule has 312 valence electrons. The number of amides is 2. The molecule has 0 aliphatic carbocycles. The maximum atomic E-state index is 13.8. The van der Waals surface area contributed by atoms with Crippen molar-refractivity contribution >= 4 is 47.3 Å². The van der Waals surface area contributed by atoms with Gasteiger partial charge >= 0.3 is 11.9 Å². The minimum atomic E-state index is -0.946. The van der Waals surface area contributed by atoms with Crippen molar-refractivity contribution in [2.75, 3.05) is 65.9 Å². The number of rotatable bonds is 28. The Kier molecular flexibility index (Phi) is 20.9. The van der Waals surface area contributed by atoms with Gasteiger partial charge in [0.05, 0.1) is 40.5 Å². The van der Waals surface area contributed by atoms with Crippen LogP contribution in [0, 0.1) is 0 Å². The van der Waals surface area contributed by atoms with Crippen molar-refractivity contribution in [3.05, 3.63) is 46.2 Å². The summed E-state index contributed by atoms with van der Waals surface area (Å²) in [5.41, 5.74) is 0.790. The van der Waals surface area contributed by atoms with Crippen molar-refractivity contribution in [2.24, 2.45) is 0 Å². The molecule has 1 aromatic rings. The second kappa shape index (κ2) is 25.0. The summed E-state index contributed by atoms with van der Waals surface area (Å²) >= 11 is 2.49. The van der Waals surface area contributed by atoms with E-state index in [-0.39, 0.29) is 57.0 Å². The molecule has 0 aromatic heterocycles. The van der Waals surface area contributed by atoms with Crippen molar-refractivity contribution in [3.8, 4) is 11.5 Å². The maximum Gasteiger partial charge on any atom is 0.333 e. The van der Waals surface area contributed by atoms with Gasteiger partial charge in [-0.2, -0.15) is 0 Å². The first-order valence-electron chi connectivity index (χ1n) is 19.2. The lowest BCUT2D eigenvalue weighted by Gasteiger charge is -2.27. The summed E-state index contributed by atoms with van der Waals surface area (Å²) in [5.74, 6) is -0.672. The van der Waals surface area contributed by atoms with Crippen LogP contribution in [0.4, 0.5) is 0 Å². The lowest BCUT2D eigenvalue weighted by molar-refractivity contribution is -0.147. The Labute approximate surface area is 338 Å². The van der Waals surface area contributed by atoms with Gasteiger partial charge in [-0.05, 0) is 64.5 Å². The van der Waals surface area contributed by atoms with Crippen molar-refractivity contribution in [1.82, 2.24) is 10.0 Å². The normalized spacial score (nSPS) is 14.9. The van der Waals surface area contributed by atoms with Gasteiger partial charge in [-0.15, -0.1) is 0 Å². The third-order valence-corrected chi connectivity index (χ3v) is 10.9. The zero-order chi connectivity index (χ0) is 41.0. The monoisotopic (exact) mass is 822 g/mol. The Balaban J connectivity index is 1.66. The molecule has 2 heterocycles. The standard InChI is InChI=1S/C40H58N2O12S2/c1-7-9-17-41-36(45)33(37(46)42(41)18-10-8-2)40-55-34-31(53-25-29(43)23-49-19-11-13-21-51-38(47)27(3)4)15-16-32(35(34)56-40)54-26-30(44)24-50-20-12-14-22-52-39(48)28(5)6/h15-16,29-30,43-44H,3,5,7-14,17-26H2,1-2,4,6H3. The van der Waals surface area contributed by atoms with Crippen LogP contribution in [0.3, 0.4) is 0 Å². The molecule has 2 atom stereocenters. The highest BCUT2D eigenvalue weighted by molar-refractivity contribution is 8.25. The number of fused-ring (bicyclic) bond motifs is 1. The number of benzene rings is 1. The van der Waals surface area contributed by atoms with Crippen molar-refractivity contribution in [3.63, 3.8) is 0 Å². The van der Waals surface area contributed by atoms with Crippen LogP contribution in [0.1, 0.15) is 79.1 Å². The zero-order valence-electron chi connectivity index (χ0n) is 33.1. The minimum absolute atomic E-state index is 0.0265. The number of aliphatic hydroxyl groups is 2. The van der Waals surface area contributed by atoms with Gasteiger partial charge in [-0.1, -0.05) is 63.4 Å². The SMILES string of the molecule is C=C(C)C(=O)OCCCCOCC(O)COc1ccc(OCC(O)COCCCCOC(=O)C(=C)C)c2c1SC(=C1C(=O)N(CCCC)N(CCCC)C1=O)S2. The highest BCUT2D eigenvalue weighted by Crippen LogP contribution is 2.59. The maximum absolute atomic E-state index is 13.8. The first kappa shape index (κ1) is 46.8. The number of hydrogen-bond donors (Lipinski definition) is 2. The van der Waals surface area contributed by atoms with Gasteiger partial charge in [0.25, 0.3) is 11.8 Å². The van der Waals surface area contributed by atoms with Crippen LogP contribution in [0.2, 0.25) is 0 Å². The van der Waals surface area contributed by atoms with E-state index in [1.807, 2.05) is 13.8 Å². The van der Waals surface area contributed by atoms with E-state index in [2.05, 4.69) is 13.2 Å². The zero-order valence-corrected chi connectivity index (χ0v) is 34.8. The molecule has 2 aliphatic rings. The minimum Gasteiger partial charge on any atom is -0.490 e. The van der Waals surface area contributed by atoms with E-state index in [9.17, 15) is 29.4 Å². The number of nitrogens with zero attached hydrogens (tertiary/aromatic N) is 2. The molecule has 56 heavy (non-hydrogen) atoms. The first-order valence-corrected chi connectivity index (χ1v) is 20.9. The molecule has 0 spiro atoms. The lowest BCUT2D eigenvalue weighted by atomic mass is 10.3. The summed E-state index contributed by atoms with van der Waals surface area (Å²) in [4.78, 5) is 51.8.